The maximum atomic E-state index is 15.3. The second-order valence-electron chi connectivity index (χ2n) is 10.4. The van der Waals surface area contributed by atoms with Crippen LogP contribution in [-0.2, 0) is 25.7 Å². The van der Waals surface area contributed by atoms with Gasteiger partial charge in [0.05, 0.1) is 6.61 Å². The molecule has 224 valence electrons. The number of hydrogen-bond donors (Lipinski definition) is 0. The fraction of sp³-hybridized carbons (Fsp3) is 0.353. The van der Waals surface area contributed by atoms with Gasteiger partial charge in [0.25, 0.3) is 0 Å². The second kappa shape index (κ2) is 14.5. The van der Waals surface area contributed by atoms with Crippen LogP contribution in [0.15, 0.2) is 66.7 Å². The lowest BCUT2D eigenvalue weighted by molar-refractivity contribution is -0.274. The summed E-state index contributed by atoms with van der Waals surface area (Å²) in [7, 11) is 0. The molecule has 0 radical (unpaired) electrons. The fourth-order valence-electron chi connectivity index (χ4n) is 4.94. The van der Waals surface area contributed by atoms with Gasteiger partial charge in [0.1, 0.15) is 29.0 Å². The zero-order valence-corrected chi connectivity index (χ0v) is 23.5. The molecule has 0 spiro atoms. The first kappa shape index (κ1) is 31.3. The van der Waals surface area contributed by atoms with Crippen LogP contribution in [0.3, 0.4) is 0 Å². The summed E-state index contributed by atoms with van der Waals surface area (Å²) in [6.07, 6.45) is 1.86. The van der Waals surface area contributed by atoms with Crippen LogP contribution in [0.4, 0.5) is 26.3 Å². The van der Waals surface area contributed by atoms with Gasteiger partial charge in [0.2, 0.25) is 0 Å². The van der Waals surface area contributed by atoms with Crippen molar-refractivity contribution in [1.82, 2.24) is 0 Å². The number of halogens is 6. The fourth-order valence-corrected chi connectivity index (χ4v) is 4.94. The number of benzene rings is 4. The van der Waals surface area contributed by atoms with Crippen LogP contribution in [0.5, 0.6) is 11.5 Å². The summed E-state index contributed by atoms with van der Waals surface area (Å²) in [6.45, 7) is 2.56. The zero-order chi connectivity index (χ0) is 30.1. The first-order valence-corrected chi connectivity index (χ1v) is 14.3. The number of ether oxygens (including phenoxy) is 2. The van der Waals surface area contributed by atoms with Gasteiger partial charge in [-0.3, -0.25) is 0 Å². The number of rotatable bonds is 14. The van der Waals surface area contributed by atoms with E-state index in [0.29, 0.717) is 42.2 Å². The van der Waals surface area contributed by atoms with Crippen LogP contribution in [0.1, 0.15) is 61.3 Å². The normalized spacial score (nSPS) is 11.7. The lowest BCUT2D eigenvalue weighted by atomic mass is 9.97. The number of alkyl halides is 3. The minimum atomic E-state index is -4.75. The van der Waals surface area contributed by atoms with E-state index in [2.05, 4.69) is 11.7 Å². The summed E-state index contributed by atoms with van der Waals surface area (Å²) < 4.78 is 91.1. The van der Waals surface area contributed by atoms with Gasteiger partial charge >= 0.3 is 6.36 Å². The van der Waals surface area contributed by atoms with Crippen LogP contribution in [0.2, 0.25) is 0 Å². The van der Waals surface area contributed by atoms with E-state index >= 15 is 4.39 Å². The molecule has 4 aromatic carbocycles. The Kier molecular flexibility index (Phi) is 10.8. The zero-order valence-electron chi connectivity index (χ0n) is 23.5. The maximum absolute atomic E-state index is 15.3. The van der Waals surface area contributed by atoms with Gasteiger partial charge in [-0.05, 0) is 66.3 Å². The number of hydrogen-bond acceptors (Lipinski definition) is 2. The average molecular weight is 589 g/mol. The number of unbranched alkanes of at least 4 members (excludes halogenated alkanes) is 4. The van der Waals surface area contributed by atoms with Crippen LogP contribution < -0.4 is 9.47 Å². The van der Waals surface area contributed by atoms with Crippen molar-refractivity contribution >= 4 is 10.8 Å². The van der Waals surface area contributed by atoms with Crippen LogP contribution in [0.25, 0.3) is 10.8 Å². The second-order valence-corrected chi connectivity index (χ2v) is 10.4. The van der Waals surface area contributed by atoms with E-state index < -0.39 is 18.0 Å². The lowest BCUT2D eigenvalue weighted by Gasteiger charge is -2.11. The standard InChI is InChI=1S/C34H34F6O2/c1-2-3-4-5-6-19-41-28-21-31(35)30(32(36)22-28)18-11-24-10-17-29-26(20-24)14-13-25(33(29)37)12-7-23-8-15-27(16-9-23)42-34(38,39)40/h8-10,13-17,20-22H,2-7,11-12,18-19H2,1H3. The smallest absolute Gasteiger partial charge is 0.493 e. The van der Waals surface area contributed by atoms with Crippen molar-refractivity contribution in [2.75, 3.05) is 6.61 Å². The molecule has 0 aliphatic rings. The van der Waals surface area contributed by atoms with Gasteiger partial charge in [-0.1, -0.05) is 75.1 Å². The first-order valence-electron chi connectivity index (χ1n) is 14.3. The van der Waals surface area contributed by atoms with E-state index in [0.717, 1.165) is 36.8 Å². The molecule has 0 aliphatic carbocycles. The van der Waals surface area contributed by atoms with E-state index in [9.17, 15) is 22.0 Å². The monoisotopic (exact) mass is 588 g/mol. The Bertz CT molecular complexity index is 1440. The largest absolute Gasteiger partial charge is 0.573 e. The Hall–Kier alpha value is -3.68. The van der Waals surface area contributed by atoms with Crippen molar-refractivity contribution in [2.45, 2.75) is 71.1 Å². The maximum Gasteiger partial charge on any atom is 0.573 e. The van der Waals surface area contributed by atoms with Crippen molar-refractivity contribution in [3.63, 3.8) is 0 Å². The molecule has 0 aromatic heterocycles. The molecule has 2 nitrogen and oxygen atoms in total. The van der Waals surface area contributed by atoms with E-state index in [1.54, 1.807) is 24.3 Å². The lowest BCUT2D eigenvalue weighted by Crippen LogP contribution is -2.17. The Labute approximate surface area is 242 Å². The Morgan fingerprint density at radius 2 is 1.31 bits per heavy atom. The highest BCUT2D eigenvalue weighted by molar-refractivity contribution is 5.84. The van der Waals surface area contributed by atoms with Gasteiger partial charge in [-0.15, -0.1) is 13.2 Å². The van der Waals surface area contributed by atoms with Crippen LogP contribution in [-0.4, -0.2) is 13.0 Å². The van der Waals surface area contributed by atoms with E-state index in [1.807, 2.05) is 6.07 Å². The third-order valence-electron chi connectivity index (χ3n) is 7.23. The molecule has 4 aromatic rings. The van der Waals surface area contributed by atoms with Crippen molar-refractivity contribution in [2.24, 2.45) is 0 Å². The molecular formula is C34H34F6O2. The van der Waals surface area contributed by atoms with E-state index in [1.165, 1.54) is 42.8 Å². The topological polar surface area (TPSA) is 18.5 Å². The SMILES string of the molecule is CCCCCCCOc1cc(F)c(CCc2ccc3c(F)c(CCc4ccc(OC(F)(F)F)cc4)ccc3c2)c(F)c1. The molecule has 0 amide bonds. The molecule has 0 saturated carbocycles. The van der Waals surface area contributed by atoms with Gasteiger partial charge in [0.15, 0.2) is 0 Å². The van der Waals surface area contributed by atoms with Gasteiger partial charge in [0, 0.05) is 23.1 Å². The first-order chi connectivity index (χ1) is 20.1. The highest BCUT2D eigenvalue weighted by Crippen LogP contribution is 2.27. The minimum absolute atomic E-state index is 0.00933. The summed E-state index contributed by atoms with van der Waals surface area (Å²) in [5, 5.41) is 1.10. The molecule has 42 heavy (non-hydrogen) atoms. The number of aryl methyl sites for hydroxylation is 3. The molecule has 0 unspecified atom stereocenters. The molecular weight excluding hydrogens is 554 g/mol. The summed E-state index contributed by atoms with van der Waals surface area (Å²) in [5.41, 5.74) is 2.05. The molecule has 4 rings (SSSR count). The van der Waals surface area contributed by atoms with E-state index in [4.69, 9.17) is 4.74 Å². The molecule has 0 atom stereocenters. The molecule has 0 fully saturated rings. The van der Waals surface area contributed by atoms with Crippen molar-refractivity contribution in [1.29, 1.82) is 0 Å². The molecule has 0 aliphatic heterocycles. The molecule has 0 heterocycles. The molecule has 8 heteroatoms. The van der Waals surface area contributed by atoms with E-state index in [-0.39, 0.29) is 29.3 Å². The summed E-state index contributed by atoms with van der Waals surface area (Å²) in [5.74, 6) is -1.77. The molecule has 0 bridgehead atoms. The summed E-state index contributed by atoms with van der Waals surface area (Å²) in [6, 6.07) is 16.7. The summed E-state index contributed by atoms with van der Waals surface area (Å²) in [4.78, 5) is 0. The van der Waals surface area contributed by atoms with Crippen molar-refractivity contribution in [3.05, 3.63) is 106 Å². The van der Waals surface area contributed by atoms with Gasteiger partial charge in [-0.2, -0.15) is 0 Å². The van der Waals surface area contributed by atoms with Crippen molar-refractivity contribution < 1.29 is 35.8 Å². The third-order valence-corrected chi connectivity index (χ3v) is 7.23. The van der Waals surface area contributed by atoms with Crippen LogP contribution in [0, 0.1) is 17.5 Å². The van der Waals surface area contributed by atoms with Gasteiger partial charge < -0.3 is 9.47 Å². The van der Waals surface area contributed by atoms with Gasteiger partial charge in [-0.25, -0.2) is 13.2 Å². The third kappa shape index (κ3) is 8.91. The van der Waals surface area contributed by atoms with Crippen molar-refractivity contribution in [3.8, 4) is 11.5 Å². The van der Waals surface area contributed by atoms with Crippen LogP contribution >= 0.6 is 0 Å². The predicted molar refractivity (Wildman–Crippen MR) is 152 cm³/mol. The Balaban J connectivity index is 1.34. The Morgan fingerprint density at radius 1 is 0.643 bits per heavy atom. The summed E-state index contributed by atoms with van der Waals surface area (Å²) >= 11 is 0. The number of fused-ring (bicyclic) bond motifs is 1. The molecule has 0 saturated heterocycles. The highest BCUT2D eigenvalue weighted by atomic mass is 19.4. The highest BCUT2D eigenvalue weighted by Gasteiger charge is 2.30. The average Bonchev–Trinajstić information content (AvgIpc) is 2.94. The predicted octanol–water partition coefficient (Wildman–Crippen LogP) is 10.1. The Morgan fingerprint density at radius 3 is 2.00 bits per heavy atom. The quantitative estimate of drug-likeness (QED) is 0.108. The molecule has 0 N–H and O–H groups in total. The minimum Gasteiger partial charge on any atom is -0.493 e.